The Kier molecular flexibility index (Phi) is 7.28. The number of hydrogen-bond acceptors (Lipinski definition) is 3. The molecule has 0 aromatic heterocycles. The first-order valence-corrected chi connectivity index (χ1v) is 5.02. The molecule has 0 saturated carbocycles. The molecule has 0 aliphatic heterocycles. The highest BCUT2D eigenvalue weighted by Gasteiger charge is 2.14. The van der Waals surface area contributed by atoms with Gasteiger partial charge in [-0.15, -0.1) is 0 Å². The Morgan fingerprint density at radius 2 is 2.27 bits per heavy atom. The molecule has 0 heterocycles. The molecular formula is C12H19NO2. The van der Waals surface area contributed by atoms with Crippen LogP contribution >= 0.6 is 0 Å². The second-order valence-electron chi connectivity index (χ2n) is 3.04. The summed E-state index contributed by atoms with van der Waals surface area (Å²) in [5, 5.41) is 0. The van der Waals surface area contributed by atoms with E-state index in [-0.39, 0.29) is 5.97 Å². The number of ether oxygens (including phenoxy) is 1. The fourth-order valence-corrected chi connectivity index (χ4v) is 1.14. The monoisotopic (exact) mass is 209 g/mol. The van der Waals surface area contributed by atoms with Gasteiger partial charge in [0.05, 0.1) is 6.61 Å². The minimum atomic E-state index is -0.604. The van der Waals surface area contributed by atoms with Crippen LogP contribution in [0.1, 0.15) is 20.3 Å². The molecule has 2 N–H and O–H groups in total. The highest BCUT2D eigenvalue weighted by Crippen LogP contribution is 2.07. The Hall–Kier alpha value is -1.35. The molecule has 0 bridgehead atoms. The van der Waals surface area contributed by atoms with Gasteiger partial charge in [0.15, 0.2) is 0 Å². The van der Waals surface area contributed by atoms with E-state index in [2.05, 4.69) is 6.58 Å². The summed E-state index contributed by atoms with van der Waals surface area (Å²) in [6, 6.07) is -0.604. The SMILES string of the molecule is C=C/C=C(\C=C/C)CC(N)C(=O)OCC. The quantitative estimate of drug-likeness (QED) is 0.537. The molecule has 3 nitrogen and oxygen atoms in total. The lowest BCUT2D eigenvalue weighted by atomic mass is 10.1. The van der Waals surface area contributed by atoms with Crippen LogP contribution < -0.4 is 5.73 Å². The van der Waals surface area contributed by atoms with Crippen LogP contribution in [-0.4, -0.2) is 18.6 Å². The molecule has 0 spiro atoms. The molecule has 0 fully saturated rings. The van der Waals surface area contributed by atoms with Crippen LogP contribution in [0.3, 0.4) is 0 Å². The molecule has 0 amide bonds. The molecule has 0 aliphatic carbocycles. The molecule has 84 valence electrons. The van der Waals surface area contributed by atoms with Crippen molar-refractivity contribution in [1.82, 2.24) is 0 Å². The van der Waals surface area contributed by atoms with Gasteiger partial charge in [0.25, 0.3) is 0 Å². The number of hydrogen-bond donors (Lipinski definition) is 1. The highest BCUT2D eigenvalue weighted by atomic mass is 16.5. The van der Waals surface area contributed by atoms with E-state index in [9.17, 15) is 4.79 Å². The van der Waals surface area contributed by atoms with Gasteiger partial charge in [-0.1, -0.05) is 30.9 Å². The Balaban J connectivity index is 4.34. The predicted octanol–water partition coefficient (Wildman–Crippen LogP) is 1.96. The van der Waals surface area contributed by atoms with Crippen molar-refractivity contribution >= 4 is 5.97 Å². The zero-order valence-corrected chi connectivity index (χ0v) is 9.40. The standard InChI is InChI=1S/C12H19NO2/c1-4-7-10(8-5-2)9-11(13)12(14)15-6-3/h4-5,7-8,11H,1,6,9,13H2,2-3H3/b8-5-,10-7+. The van der Waals surface area contributed by atoms with Gasteiger partial charge < -0.3 is 10.5 Å². The first kappa shape index (κ1) is 13.7. The Morgan fingerprint density at radius 1 is 1.60 bits per heavy atom. The van der Waals surface area contributed by atoms with Crippen LogP contribution in [0.5, 0.6) is 0 Å². The van der Waals surface area contributed by atoms with E-state index in [0.29, 0.717) is 13.0 Å². The average molecular weight is 209 g/mol. The minimum Gasteiger partial charge on any atom is -0.465 e. The van der Waals surface area contributed by atoms with Gasteiger partial charge in [-0.25, -0.2) is 0 Å². The van der Waals surface area contributed by atoms with E-state index >= 15 is 0 Å². The third kappa shape index (κ3) is 5.86. The first-order valence-electron chi connectivity index (χ1n) is 5.02. The Bertz CT molecular complexity index is 267. The first-order chi connectivity index (χ1) is 7.15. The lowest BCUT2D eigenvalue weighted by Gasteiger charge is -2.10. The molecule has 15 heavy (non-hydrogen) atoms. The van der Waals surface area contributed by atoms with Crippen LogP contribution in [0.25, 0.3) is 0 Å². The lowest BCUT2D eigenvalue weighted by molar-refractivity contribution is -0.144. The Labute approximate surface area is 91.3 Å². The van der Waals surface area contributed by atoms with Gasteiger partial charge in [-0.3, -0.25) is 4.79 Å². The smallest absolute Gasteiger partial charge is 0.323 e. The molecule has 0 aromatic rings. The largest absolute Gasteiger partial charge is 0.465 e. The minimum absolute atomic E-state index is 0.358. The number of allylic oxidation sites excluding steroid dienone is 4. The number of carbonyl (C=O) groups excluding carboxylic acids is 1. The summed E-state index contributed by atoms with van der Waals surface area (Å²) in [7, 11) is 0. The number of nitrogens with two attached hydrogens (primary N) is 1. The second-order valence-corrected chi connectivity index (χ2v) is 3.04. The topological polar surface area (TPSA) is 52.3 Å². The molecule has 0 saturated heterocycles. The third-order valence-electron chi connectivity index (χ3n) is 1.76. The molecule has 0 aromatic carbocycles. The number of esters is 1. The fraction of sp³-hybridized carbons (Fsp3) is 0.417. The van der Waals surface area contributed by atoms with Gasteiger partial charge in [0, 0.05) is 0 Å². The molecule has 1 unspecified atom stereocenters. The van der Waals surface area contributed by atoms with E-state index < -0.39 is 6.04 Å². The average Bonchev–Trinajstić information content (AvgIpc) is 2.18. The van der Waals surface area contributed by atoms with Crippen molar-refractivity contribution < 1.29 is 9.53 Å². The summed E-state index contributed by atoms with van der Waals surface area (Å²) < 4.78 is 4.82. The summed E-state index contributed by atoms with van der Waals surface area (Å²) in [5.74, 6) is -0.364. The molecule has 0 aliphatic rings. The van der Waals surface area contributed by atoms with Crippen molar-refractivity contribution in [2.75, 3.05) is 6.61 Å². The molecule has 0 rings (SSSR count). The van der Waals surface area contributed by atoms with Crippen molar-refractivity contribution in [3.8, 4) is 0 Å². The van der Waals surface area contributed by atoms with Gasteiger partial charge in [-0.2, -0.15) is 0 Å². The van der Waals surface area contributed by atoms with Crippen molar-refractivity contribution in [2.24, 2.45) is 5.73 Å². The van der Waals surface area contributed by atoms with Crippen molar-refractivity contribution in [3.63, 3.8) is 0 Å². The van der Waals surface area contributed by atoms with Gasteiger partial charge in [-0.05, 0) is 25.8 Å². The summed E-state index contributed by atoms with van der Waals surface area (Å²) in [4.78, 5) is 11.3. The van der Waals surface area contributed by atoms with E-state index in [1.807, 2.05) is 25.2 Å². The maximum absolute atomic E-state index is 11.3. The third-order valence-corrected chi connectivity index (χ3v) is 1.76. The summed E-state index contributed by atoms with van der Waals surface area (Å²) in [6.07, 6.45) is 7.77. The Morgan fingerprint density at radius 3 is 2.73 bits per heavy atom. The van der Waals surface area contributed by atoms with Crippen molar-refractivity contribution in [1.29, 1.82) is 0 Å². The normalized spacial score (nSPS) is 13.9. The van der Waals surface area contributed by atoms with Gasteiger partial charge in [0.2, 0.25) is 0 Å². The highest BCUT2D eigenvalue weighted by molar-refractivity contribution is 5.76. The maximum atomic E-state index is 11.3. The zero-order chi connectivity index (χ0) is 11.7. The van der Waals surface area contributed by atoms with Crippen LogP contribution in [0, 0.1) is 0 Å². The molecule has 0 radical (unpaired) electrons. The van der Waals surface area contributed by atoms with E-state index in [4.69, 9.17) is 10.5 Å². The van der Waals surface area contributed by atoms with Crippen LogP contribution in [0.15, 0.2) is 36.5 Å². The van der Waals surface area contributed by atoms with Crippen molar-refractivity contribution in [3.05, 3.63) is 36.5 Å². The number of carbonyl (C=O) groups is 1. The molecular weight excluding hydrogens is 190 g/mol. The van der Waals surface area contributed by atoms with Crippen molar-refractivity contribution in [2.45, 2.75) is 26.3 Å². The van der Waals surface area contributed by atoms with Crippen LogP contribution in [-0.2, 0) is 9.53 Å². The fourth-order valence-electron chi connectivity index (χ4n) is 1.14. The summed E-state index contributed by atoms with van der Waals surface area (Å²) in [5.41, 5.74) is 6.65. The van der Waals surface area contributed by atoms with Crippen LogP contribution in [0.4, 0.5) is 0 Å². The summed E-state index contributed by atoms with van der Waals surface area (Å²) in [6.45, 7) is 7.63. The van der Waals surface area contributed by atoms with Gasteiger partial charge >= 0.3 is 5.97 Å². The zero-order valence-electron chi connectivity index (χ0n) is 9.40. The van der Waals surface area contributed by atoms with E-state index in [1.54, 1.807) is 13.0 Å². The van der Waals surface area contributed by atoms with E-state index in [0.717, 1.165) is 5.57 Å². The lowest BCUT2D eigenvalue weighted by Crippen LogP contribution is -2.32. The summed E-state index contributed by atoms with van der Waals surface area (Å²) >= 11 is 0. The molecule has 1 atom stereocenters. The number of rotatable bonds is 6. The second kappa shape index (κ2) is 8.00. The molecule has 3 heteroatoms. The van der Waals surface area contributed by atoms with Crippen LogP contribution in [0.2, 0.25) is 0 Å². The van der Waals surface area contributed by atoms with E-state index in [1.165, 1.54) is 0 Å². The predicted molar refractivity (Wildman–Crippen MR) is 62.3 cm³/mol. The maximum Gasteiger partial charge on any atom is 0.323 e. The van der Waals surface area contributed by atoms with Gasteiger partial charge in [0.1, 0.15) is 6.04 Å².